The normalized spacial score (nSPS) is 12.2. The summed E-state index contributed by atoms with van der Waals surface area (Å²) in [5.74, 6) is -0.0910. The summed E-state index contributed by atoms with van der Waals surface area (Å²) in [6.07, 6.45) is -0.658. The van der Waals surface area contributed by atoms with Gasteiger partial charge in [-0.15, -0.1) is 11.3 Å². The van der Waals surface area contributed by atoms with Crippen molar-refractivity contribution in [2.24, 2.45) is 0 Å². The maximum Gasteiger partial charge on any atom is 0.338 e. The number of carbonyl (C=O) groups is 1. The molecule has 148 valence electrons. The first-order chi connectivity index (χ1) is 13.3. The van der Waals surface area contributed by atoms with Crippen LogP contribution in [0.15, 0.2) is 29.1 Å². The Balaban J connectivity index is 1.79. The number of hydrogen-bond acceptors (Lipinski definition) is 6. The Kier molecular flexibility index (Phi) is 5.84. The third-order valence-electron chi connectivity index (χ3n) is 4.96. The zero-order valence-corrected chi connectivity index (χ0v) is 17.6. The molecule has 3 aromatic rings. The molecule has 0 radical (unpaired) electrons. The van der Waals surface area contributed by atoms with Crippen LogP contribution in [0.2, 0.25) is 0 Å². The minimum absolute atomic E-state index is 0.201. The number of nitrogens with one attached hydrogen (secondary N) is 1. The first-order valence-corrected chi connectivity index (χ1v) is 10.2. The quantitative estimate of drug-likeness (QED) is 0.623. The SMILES string of the molecule is CCN(CC)c1ccc(C(=O)OC(C)c2nc3sc(C)c(C)c3c(=O)[nH]2)cc1. The third-order valence-corrected chi connectivity index (χ3v) is 6.06. The van der Waals surface area contributed by atoms with Gasteiger partial charge in [0.2, 0.25) is 0 Å². The third kappa shape index (κ3) is 3.80. The molecule has 0 aliphatic heterocycles. The lowest BCUT2D eigenvalue weighted by Crippen LogP contribution is -2.21. The predicted octanol–water partition coefficient (Wildman–Crippen LogP) is 4.37. The molecule has 7 heteroatoms. The molecule has 0 aliphatic rings. The van der Waals surface area contributed by atoms with E-state index in [-0.39, 0.29) is 5.56 Å². The van der Waals surface area contributed by atoms with Crippen molar-refractivity contribution in [2.45, 2.75) is 40.7 Å². The first kappa shape index (κ1) is 20.1. The van der Waals surface area contributed by atoms with Gasteiger partial charge in [-0.05, 0) is 64.4 Å². The lowest BCUT2D eigenvalue weighted by atomic mass is 10.2. The average Bonchev–Trinajstić information content (AvgIpc) is 2.97. The number of ether oxygens (including phenoxy) is 1. The molecule has 6 nitrogen and oxygen atoms in total. The molecule has 1 atom stereocenters. The van der Waals surface area contributed by atoms with Crippen LogP contribution in [0.25, 0.3) is 10.2 Å². The van der Waals surface area contributed by atoms with Crippen LogP contribution in [-0.2, 0) is 4.74 Å². The fraction of sp³-hybridized carbons (Fsp3) is 0.381. The van der Waals surface area contributed by atoms with Gasteiger partial charge in [-0.2, -0.15) is 0 Å². The minimum Gasteiger partial charge on any atom is -0.451 e. The van der Waals surface area contributed by atoms with E-state index in [2.05, 4.69) is 28.7 Å². The molecule has 2 aromatic heterocycles. The van der Waals surface area contributed by atoms with E-state index >= 15 is 0 Å². The fourth-order valence-electron chi connectivity index (χ4n) is 3.15. The molecule has 1 N–H and O–H groups in total. The Morgan fingerprint density at radius 2 is 1.86 bits per heavy atom. The molecule has 0 fully saturated rings. The number of esters is 1. The van der Waals surface area contributed by atoms with Crippen molar-refractivity contribution in [3.8, 4) is 0 Å². The van der Waals surface area contributed by atoms with Crippen LogP contribution in [0, 0.1) is 13.8 Å². The number of anilines is 1. The smallest absolute Gasteiger partial charge is 0.338 e. The second-order valence-corrected chi connectivity index (χ2v) is 7.88. The second kappa shape index (κ2) is 8.14. The van der Waals surface area contributed by atoms with Gasteiger partial charge < -0.3 is 14.6 Å². The highest BCUT2D eigenvalue weighted by atomic mass is 32.1. The maximum atomic E-state index is 12.5. The number of aryl methyl sites for hydroxylation is 2. The molecule has 0 amide bonds. The summed E-state index contributed by atoms with van der Waals surface area (Å²) in [5, 5.41) is 0.608. The Hall–Kier alpha value is -2.67. The van der Waals surface area contributed by atoms with Crippen molar-refractivity contribution in [1.82, 2.24) is 9.97 Å². The van der Waals surface area contributed by atoms with Gasteiger partial charge in [-0.3, -0.25) is 4.79 Å². The van der Waals surface area contributed by atoms with E-state index in [0.29, 0.717) is 21.6 Å². The van der Waals surface area contributed by atoms with Crippen LogP contribution in [0.3, 0.4) is 0 Å². The lowest BCUT2D eigenvalue weighted by Gasteiger charge is -2.21. The van der Waals surface area contributed by atoms with Crippen LogP contribution in [-0.4, -0.2) is 29.0 Å². The number of nitrogens with zero attached hydrogens (tertiary/aromatic N) is 2. The van der Waals surface area contributed by atoms with Crippen LogP contribution >= 0.6 is 11.3 Å². The van der Waals surface area contributed by atoms with Crippen molar-refractivity contribution in [3.63, 3.8) is 0 Å². The maximum absolute atomic E-state index is 12.5. The number of thiophene rings is 1. The first-order valence-electron chi connectivity index (χ1n) is 9.41. The van der Waals surface area contributed by atoms with Gasteiger partial charge in [-0.25, -0.2) is 9.78 Å². The summed E-state index contributed by atoms with van der Waals surface area (Å²) in [7, 11) is 0. The monoisotopic (exact) mass is 399 g/mol. The lowest BCUT2D eigenvalue weighted by molar-refractivity contribution is 0.0320. The van der Waals surface area contributed by atoms with E-state index in [0.717, 1.165) is 29.2 Å². The van der Waals surface area contributed by atoms with Gasteiger partial charge in [-0.1, -0.05) is 0 Å². The molecule has 1 aromatic carbocycles. The summed E-state index contributed by atoms with van der Waals surface area (Å²) >= 11 is 1.47. The van der Waals surface area contributed by atoms with E-state index < -0.39 is 12.1 Å². The summed E-state index contributed by atoms with van der Waals surface area (Å²) in [6.45, 7) is 11.6. The Labute approximate surface area is 168 Å². The zero-order valence-electron chi connectivity index (χ0n) is 16.8. The zero-order chi connectivity index (χ0) is 20.4. The highest BCUT2D eigenvalue weighted by molar-refractivity contribution is 7.18. The van der Waals surface area contributed by atoms with Gasteiger partial charge in [0, 0.05) is 23.7 Å². The number of aromatic amines is 1. The van der Waals surface area contributed by atoms with E-state index in [1.54, 1.807) is 19.1 Å². The molecule has 2 heterocycles. The van der Waals surface area contributed by atoms with E-state index in [1.807, 2.05) is 26.0 Å². The number of aromatic nitrogens is 2. The van der Waals surface area contributed by atoms with Crippen LogP contribution in [0.1, 0.15) is 53.5 Å². The van der Waals surface area contributed by atoms with Crippen molar-refractivity contribution >= 4 is 33.2 Å². The largest absolute Gasteiger partial charge is 0.451 e. The predicted molar refractivity (Wildman–Crippen MR) is 114 cm³/mol. The Morgan fingerprint density at radius 1 is 1.21 bits per heavy atom. The number of carbonyl (C=O) groups excluding carboxylic acids is 1. The number of benzene rings is 1. The van der Waals surface area contributed by atoms with Crippen LogP contribution in [0.5, 0.6) is 0 Å². The summed E-state index contributed by atoms with van der Waals surface area (Å²) in [4.78, 5) is 36.1. The van der Waals surface area contributed by atoms with Gasteiger partial charge >= 0.3 is 5.97 Å². The molecule has 0 saturated heterocycles. The highest BCUT2D eigenvalue weighted by Gasteiger charge is 2.19. The topological polar surface area (TPSA) is 75.3 Å². The molecule has 0 spiro atoms. The van der Waals surface area contributed by atoms with E-state index in [9.17, 15) is 9.59 Å². The van der Waals surface area contributed by atoms with Gasteiger partial charge in [0.1, 0.15) is 4.83 Å². The molecule has 28 heavy (non-hydrogen) atoms. The summed E-state index contributed by atoms with van der Waals surface area (Å²) < 4.78 is 5.54. The standard InChI is InChI=1S/C21H25N3O3S/c1-6-24(7-2)16-10-8-15(9-11-16)21(26)27-13(4)18-22-19(25)17-12(3)14(5)28-20(17)23-18/h8-11,13H,6-7H2,1-5H3,(H,22,23,25). The molecule has 1 unspecified atom stereocenters. The Morgan fingerprint density at radius 3 is 2.46 bits per heavy atom. The van der Waals surface area contributed by atoms with E-state index in [4.69, 9.17) is 4.74 Å². The fourth-order valence-corrected chi connectivity index (χ4v) is 4.18. The van der Waals surface area contributed by atoms with Crippen LogP contribution in [0.4, 0.5) is 5.69 Å². The number of rotatable bonds is 6. The van der Waals surface area contributed by atoms with Gasteiger partial charge in [0.05, 0.1) is 10.9 Å². The number of H-pyrrole nitrogens is 1. The molecule has 0 saturated carbocycles. The molecule has 0 aliphatic carbocycles. The molecule has 3 rings (SSSR count). The van der Waals surface area contributed by atoms with Crippen LogP contribution < -0.4 is 10.5 Å². The highest BCUT2D eigenvalue weighted by Crippen LogP contribution is 2.27. The van der Waals surface area contributed by atoms with Gasteiger partial charge in [0.25, 0.3) is 5.56 Å². The van der Waals surface area contributed by atoms with Crippen molar-refractivity contribution in [2.75, 3.05) is 18.0 Å². The number of fused-ring (bicyclic) bond motifs is 1. The molecule has 0 bridgehead atoms. The molecular formula is C21H25N3O3S. The van der Waals surface area contributed by atoms with Crippen molar-refractivity contribution in [3.05, 3.63) is 56.4 Å². The molecular weight excluding hydrogens is 374 g/mol. The average molecular weight is 400 g/mol. The van der Waals surface area contributed by atoms with Gasteiger partial charge in [0.15, 0.2) is 11.9 Å². The minimum atomic E-state index is -0.658. The summed E-state index contributed by atoms with van der Waals surface area (Å²) in [6, 6.07) is 7.34. The Bertz CT molecular complexity index is 1050. The van der Waals surface area contributed by atoms with Crippen molar-refractivity contribution in [1.29, 1.82) is 0 Å². The summed E-state index contributed by atoms with van der Waals surface area (Å²) in [5.41, 5.74) is 2.27. The van der Waals surface area contributed by atoms with E-state index in [1.165, 1.54) is 11.3 Å². The number of hydrogen-bond donors (Lipinski definition) is 1. The second-order valence-electron chi connectivity index (χ2n) is 6.68. The van der Waals surface area contributed by atoms with Crippen molar-refractivity contribution < 1.29 is 9.53 Å².